The van der Waals surface area contributed by atoms with E-state index in [1.54, 1.807) is 0 Å². The summed E-state index contributed by atoms with van der Waals surface area (Å²) in [6, 6.07) is 10.8. The van der Waals surface area contributed by atoms with E-state index in [0.717, 1.165) is 18.4 Å². The molecule has 1 fully saturated rings. The Morgan fingerprint density at radius 2 is 1.94 bits per heavy atom. The van der Waals surface area contributed by atoms with Gasteiger partial charge in [-0.1, -0.05) is 12.1 Å². The number of rotatable bonds is 2. The number of hydrogen-bond acceptors (Lipinski definition) is 2. The number of aliphatic hydroxyl groups is 1. The van der Waals surface area contributed by atoms with E-state index in [4.69, 9.17) is 0 Å². The van der Waals surface area contributed by atoms with Crippen molar-refractivity contribution < 1.29 is 5.11 Å². The number of pyridine rings is 1. The van der Waals surface area contributed by atoms with Gasteiger partial charge in [-0.25, -0.2) is 0 Å². The summed E-state index contributed by atoms with van der Waals surface area (Å²) in [4.78, 5) is 4.36. The molecule has 0 saturated heterocycles. The summed E-state index contributed by atoms with van der Waals surface area (Å²) in [7, 11) is 0. The highest BCUT2D eigenvalue weighted by molar-refractivity contribution is 5.79. The monoisotopic (exact) mass is 241 g/mol. The summed E-state index contributed by atoms with van der Waals surface area (Å²) in [5.74, 6) is 1.20. The fourth-order valence-electron chi connectivity index (χ4n) is 3.03. The summed E-state index contributed by atoms with van der Waals surface area (Å²) in [6.45, 7) is 0.356. The van der Waals surface area contributed by atoms with Gasteiger partial charge >= 0.3 is 0 Å². The standard InChI is InChI=1S/C16H19NO/c18-11-12-3-5-13(6-4-12)14-7-8-16-15(10-14)2-1-9-17-16/h1-2,7-10,12-13,18H,3-6,11H2. The summed E-state index contributed by atoms with van der Waals surface area (Å²) in [6.07, 6.45) is 6.57. The Balaban J connectivity index is 1.82. The van der Waals surface area contributed by atoms with Crippen molar-refractivity contribution >= 4 is 10.9 Å². The lowest BCUT2D eigenvalue weighted by atomic mass is 9.79. The Morgan fingerprint density at radius 1 is 1.11 bits per heavy atom. The van der Waals surface area contributed by atoms with Crippen LogP contribution in [0.1, 0.15) is 37.2 Å². The van der Waals surface area contributed by atoms with Gasteiger partial charge in [0.1, 0.15) is 0 Å². The lowest BCUT2D eigenvalue weighted by Crippen LogP contribution is -2.16. The first-order chi connectivity index (χ1) is 8.86. The van der Waals surface area contributed by atoms with Crippen LogP contribution in [0.15, 0.2) is 36.5 Å². The van der Waals surface area contributed by atoms with E-state index in [1.165, 1.54) is 23.8 Å². The van der Waals surface area contributed by atoms with Crippen molar-refractivity contribution in [1.29, 1.82) is 0 Å². The Kier molecular flexibility index (Phi) is 3.28. The van der Waals surface area contributed by atoms with Crippen molar-refractivity contribution in [1.82, 2.24) is 4.98 Å². The molecule has 0 unspecified atom stereocenters. The Labute approximate surface area is 108 Å². The lowest BCUT2D eigenvalue weighted by Gasteiger charge is -2.27. The largest absolute Gasteiger partial charge is 0.396 e. The Morgan fingerprint density at radius 3 is 2.72 bits per heavy atom. The Hall–Kier alpha value is -1.41. The Bertz CT molecular complexity index is 529. The maximum Gasteiger partial charge on any atom is 0.0702 e. The van der Waals surface area contributed by atoms with Crippen molar-refractivity contribution in [2.75, 3.05) is 6.61 Å². The third kappa shape index (κ3) is 2.25. The zero-order chi connectivity index (χ0) is 12.4. The topological polar surface area (TPSA) is 33.1 Å². The summed E-state index contributed by atoms with van der Waals surface area (Å²) < 4.78 is 0. The number of benzene rings is 1. The molecule has 18 heavy (non-hydrogen) atoms. The van der Waals surface area contributed by atoms with Gasteiger partial charge in [-0.2, -0.15) is 0 Å². The molecule has 0 atom stereocenters. The van der Waals surface area contributed by atoms with Gasteiger partial charge in [-0.05, 0) is 61.3 Å². The predicted octanol–water partition coefficient (Wildman–Crippen LogP) is 3.50. The quantitative estimate of drug-likeness (QED) is 0.873. The minimum Gasteiger partial charge on any atom is -0.396 e. The zero-order valence-corrected chi connectivity index (χ0v) is 10.5. The smallest absolute Gasteiger partial charge is 0.0702 e. The van der Waals surface area contributed by atoms with Crippen LogP contribution in [-0.2, 0) is 0 Å². The molecular formula is C16H19NO. The highest BCUT2D eigenvalue weighted by Gasteiger charge is 2.21. The number of hydrogen-bond donors (Lipinski definition) is 1. The first kappa shape index (κ1) is 11.7. The number of nitrogens with zero attached hydrogens (tertiary/aromatic N) is 1. The molecule has 1 aliphatic rings. The van der Waals surface area contributed by atoms with E-state index in [0.29, 0.717) is 18.4 Å². The molecule has 2 aromatic rings. The summed E-state index contributed by atoms with van der Waals surface area (Å²) in [5.41, 5.74) is 2.51. The van der Waals surface area contributed by atoms with Crippen LogP contribution in [0.5, 0.6) is 0 Å². The second-order valence-electron chi connectivity index (χ2n) is 5.36. The van der Waals surface area contributed by atoms with Gasteiger partial charge < -0.3 is 5.11 Å². The van der Waals surface area contributed by atoms with Gasteiger partial charge in [0.05, 0.1) is 5.52 Å². The van der Waals surface area contributed by atoms with Crippen LogP contribution in [0.3, 0.4) is 0 Å². The second-order valence-corrected chi connectivity index (χ2v) is 5.36. The minimum atomic E-state index is 0.356. The second kappa shape index (κ2) is 5.07. The molecule has 1 aromatic heterocycles. The molecule has 1 aliphatic carbocycles. The highest BCUT2D eigenvalue weighted by atomic mass is 16.3. The third-order valence-electron chi connectivity index (χ3n) is 4.20. The molecule has 1 N–H and O–H groups in total. The molecule has 1 saturated carbocycles. The molecule has 1 heterocycles. The van der Waals surface area contributed by atoms with Crippen molar-refractivity contribution in [3.8, 4) is 0 Å². The fraction of sp³-hybridized carbons (Fsp3) is 0.438. The summed E-state index contributed by atoms with van der Waals surface area (Å²) >= 11 is 0. The lowest BCUT2D eigenvalue weighted by molar-refractivity contribution is 0.182. The molecule has 0 bridgehead atoms. The number of aromatic nitrogens is 1. The van der Waals surface area contributed by atoms with E-state index in [1.807, 2.05) is 12.3 Å². The minimum absolute atomic E-state index is 0.356. The number of aliphatic hydroxyl groups excluding tert-OH is 1. The average molecular weight is 241 g/mol. The van der Waals surface area contributed by atoms with Crippen LogP contribution < -0.4 is 0 Å². The normalized spacial score (nSPS) is 24.3. The molecule has 2 nitrogen and oxygen atoms in total. The molecule has 2 heteroatoms. The molecular weight excluding hydrogens is 222 g/mol. The van der Waals surface area contributed by atoms with Crippen LogP contribution in [0.2, 0.25) is 0 Å². The van der Waals surface area contributed by atoms with Gasteiger partial charge in [0.25, 0.3) is 0 Å². The van der Waals surface area contributed by atoms with Crippen LogP contribution in [0, 0.1) is 5.92 Å². The molecule has 0 aliphatic heterocycles. The fourth-order valence-corrected chi connectivity index (χ4v) is 3.03. The average Bonchev–Trinajstić information content (AvgIpc) is 2.47. The molecule has 0 amide bonds. The van der Waals surface area contributed by atoms with Crippen molar-refractivity contribution in [2.45, 2.75) is 31.6 Å². The first-order valence-corrected chi connectivity index (χ1v) is 6.82. The zero-order valence-electron chi connectivity index (χ0n) is 10.5. The van der Waals surface area contributed by atoms with Crippen LogP contribution in [-0.4, -0.2) is 16.7 Å². The maximum atomic E-state index is 9.18. The SMILES string of the molecule is OCC1CCC(c2ccc3ncccc3c2)CC1. The van der Waals surface area contributed by atoms with Crippen molar-refractivity contribution in [2.24, 2.45) is 5.92 Å². The molecule has 1 aromatic carbocycles. The van der Waals surface area contributed by atoms with E-state index in [9.17, 15) is 5.11 Å². The van der Waals surface area contributed by atoms with E-state index >= 15 is 0 Å². The summed E-state index contributed by atoms with van der Waals surface area (Å²) in [5, 5.41) is 10.4. The number of fused-ring (bicyclic) bond motifs is 1. The molecule has 94 valence electrons. The predicted molar refractivity (Wildman–Crippen MR) is 73.5 cm³/mol. The van der Waals surface area contributed by atoms with E-state index in [2.05, 4.69) is 29.2 Å². The van der Waals surface area contributed by atoms with E-state index in [-0.39, 0.29) is 0 Å². The van der Waals surface area contributed by atoms with Gasteiger partial charge in [-0.15, -0.1) is 0 Å². The molecule has 0 radical (unpaired) electrons. The van der Waals surface area contributed by atoms with Crippen molar-refractivity contribution in [3.63, 3.8) is 0 Å². The molecule has 3 rings (SSSR count). The third-order valence-corrected chi connectivity index (χ3v) is 4.20. The maximum absolute atomic E-state index is 9.18. The van der Waals surface area contributed by atoms with Gasteiger partial charge in [0, 0.05) is 18.2 Å². The molecule has 0 spiro atoms. The first-order valence-electron chi connectivity index (χ1n) is 6.82. The van der Waals surface area contributed by atoms with Crippen LogP contribution in [0.4, 0.5) is 0 Å². The van der Waals surface area contributed by atoms with Gasteiger partial charge in [-0.3, -0.25) is 4.98 Å². The van der Waals surface area contributed by atoms with E-state index < -0.39 is 0 Å². The van der Waals surface area contributed by atoms with Gasteiger partial charge in [0.2, 0.25) is 0 Å². The van der Waals surface area contributed by atoms with Crippen molar-refractivity contribution in [3.05, 3.63) is 42.1 Å². The van der Waals surface area contributed by atoms with Gasteiger partial charge in [0.15, 0.2) is 0 Å². The van der Waals surface area contributed by atoms with Crippen LogP contribution >= 0.6 is 0 Å². The van der Waals surface area contributed by atoms with Crippen LogP contribution in [0.25, 0.3) is 10.9 Å². The highest BCUT2D eigenvalue weighted by Crippen LogP contribution is 2.36.